The molecule has 6 rings (SSSR count). The van der Waals surface area contributed by atoms with Crippen molar-refractivity contribution in [3.8, 4) is 11.4 Å². The first kappa shape index (κ1) is 23.5. The van der Waals surface area contributed by atoms with Gasteiger partial charge in [-0.2, -0.15) is 0 Å². The monoisotopic (exact) mass is 501 g/mol. The molecule has 3 N–H and O–H groups in total. The number of carbonyl (C=O) groups is 1. The van der Waals surface area contributed by atoms with Crippen LogP contribution in [0.15, 0.2) is 91.0 Å². The highest BCUT2D eigenvalue weighted by Gasteiger charge is 2.25. The van der Waals surface area contributed by atoms with Gasteiger partial charge in [0.05, 0.1) is 17.6 Å². The number of unbranched alkanes of at least 4 members (excludes halogenated alkanes) is 1. The average molecular weight is 502 g/mol. The van der Waals surface area contributed by atoms with Gasteiger partial charge in [0.1, 0.15) is 22.6 Å². The van der Waals surface area contributed by atoms with Gasteiger partial charge < -0.3 is 15.8 Å². The van der Waals surface area contributed by atoms with E-state index in [2.05, 4.69) is 12.2 Å². The molecular formula is C31H27N5O2. The number of carbonyl (C=O) groups excluding carboxylic acids is 1. The Morgan fingerprint density at radius 2 is 1.61 bits per heavy atom. The molecule has 0 fully saturated rings. The van der Waals surface area contributed by atoms with E-state index in [4.69, 9.17) is 20.4 Å². The third-order valence-electron chi connectivity index (χ3n) is 6.62. The van der Waals surface area contributed by atoms with E-state index in [1.54, 1.807) is 4.57 Å². The van der Waals surface area contributed by atoms with Gasteiger partial charge in [0.15, 0.2) is 5.65 Å². The first-order valence-corrected chi connectivity index (χ1v) is 12.7. The number of benzene rings is 4. The van der Waals surface area contributed by atoms with Gasteiger partial charge in [-0.25, -0.2) is 9.97 Å². The molecule has 1 amide bonds. The highest BCUT2D eigenvalue weighted by Crippen LogP contribution is 2.33. The number of hydrogen-bond acceptors (Lipinski definition) is 5. The van der Waals surface area contributed by atoms with E-state index >= 15 is 0 Å². The number of hydrogen-bond donors (Lipinski definition) is 2. The molecule has 0 saturated carbocycles. The van der Waals surface area contributed by atoms with Crippen LogP contribution in [-0.4, -0.2) is 27.0 Å². The zero-order chi connectivity index (χ0) is 26.1. The molecule has 2 aromatic heterocycles. The first-order valence-electron chi connectivity index (χ1n) is 12.7. The second-order valence-corrected chi connectivity index (χ2v) is 9.16. The van der Waals surface area contributed by atoms with Gasteiger partial charge in [-0.1, -0.05) is 61.9 Å². The second kappa shape index (κ2) is 9.86. The molecule has 0 aliphatic heterocycles. The third-order valence-corrected chi connectivity index (χ3v) is 6.62. The minimum atomic E-state index is -0.341. The van der Waals surface area contributed by atoms with Crippen molar-refractivity contribution in [1.82, 2.24) is 14.5 Å². The summed E-state index contributed by atoms with van der Waals surface area (Å²) in [6, 6.07) is 29.0. The maximum Gasteiger partial charge on any atom is 0.261 e. The van der Waals surface area contributed by atoms with Crippen LogP contribution in [0.25, 0.3) is 38.7 Å². The topological polar surface area (TPSA) is 95.1 Å². The van der Waals surface area contributed by atoms with Crippen molar-refractivity contribution in [2.75, 3.05) is 17.7 Å². The van der Waals surface area contributed by atoms with E-state index < -0.39 is 0 Å². The van der Waals surface area contributed by atoms with Gasteiger partial charge in [0.25, 0.3) is 5.91 Å². The second-order valence-electron chi connectivity index (χ2n) is 9.16. The minimum Gasteiger partial charge on any atom is -0.494 e. The lowest BCUT2D eigenvalue weighted by atomic mass is 10.1. The number of rotatable bonds is 7. The van der Waals surface area contributed by atoms with Crippen LogP contribution in [0.2, 0.25) is 0 Å². The Labute approximate surface area is 219 Å². The van der Waals surface area contributed by atoms with Crippen molar-refractivity contribution in [2.45, 2.75) is 19.8 Å². The molecule has 4 aromatic carbocycles. The molecule has 0 aliphatic carbocycles. The fraction of sp³-hybridized carbons (Fsp3) is 0.129. The van der Waals surface area contributed by atoms with E-state index in [9.17, 15) is 4.79 Å². The minimum absolute atomic E-state index is 0.271. The van der Waals surface area contributed by atoms with Crippen LogP contribution in [0.3, 0.4) is 0 Å². The molecule has 7 nitrogen and oxygen atoms in total. The van der Waals surface area contributed by atoms with E-state index in [1.165, 1.54) is 0 Å². The zero-order valence-corrected chi connectivity index (χ0v) is 21.0. The van der Waals surface area contributed by atoms with Gasteiger partial charge in [0, 0.05) is 16.8 Å². The normalized spacial score (nSPS) is 11.3. The number of nitrogen functional groups attached to an aromatic ring is 1. The molecule has 0 saturated heterocycles. The predicted molar refractivity (Wildman–Crippen MR) is 153 cm³/mol. The summed E-state index contributed by atoms with van der Waals surface area (Å²) >= 11 is 0. The zero-order valence-electron chi connectivity index (χ0n) is 21.0. The lowest BCUT2D eigenvalue weighted by Gasteiger charge is -2.11. The van der Waals surface area contributed by atoms with Crippen LogP contribution in [-0.2, 0) is 0 Å². The first-order chi connectivity index (χ1) is 18.6. The van der Waals surface area contributed by atoms with Gasteiger partial charge in [-0.15, -0.1) is 0 Å². The summed E-state index contributed by atoms with van der Waals surface area (Å²) in [7, 11) is 0. The fourth-order valence-corrected chi connectivity index (χ4v) is 4.69. The standard InChI is InChI=1S/C31H27N5O2/c1-2-3-19-38-22-17-15-21(16-18-22)36-29(32)27(28-30(36)34-26-13-7-6-12-25(26)33-28)31(37)35-24-14-8-10-20-9-4-5-11-23(20)24/h4-18H,2-3,19,32H2,1H3,(H,35,37). The Morgan fingerprint density at radius 3 is 2.39 bits per heavy atom. The summed E-state index contributed by atoms with van der Waals surface area (Å²) in [5.74, 6) is 0.710. The Hall–Kier alpha value is -4.91. The number of fused-ring (bicyclic) bond motifs is 3. The van der Waals surface area contributed by atoms with Crippen molar-refractivity contribution in [1.29, 1.82) is 0 Å². The van der Waals surface area contributed by atoms with E-state index in [-0.39, 0.29) is 17.3 Å². The summed E-state index contributed by atoms with van der Waals surface area (Å²) < 4.78 is 7.61. The quantitative estimate of drug-likeness (QED) is 0.236. The van der Waals surface area contributed by atoms with Crippen LogP contribution >= 0.6 is 0 Å². The van der Waals surface area contributed by atoms with Crippen molar-refractivity contribution in [2.24, 2.45) is 0 Å². The number of nitrogens with zero attached hydrogens (tertiary/aromatic N) is 3. The molecule has 2 heterocycles. The van der Waals surface area contributed by atoms with Crippen LogP contribution in [0.1, 0.15) is 30.1 Å². The predicted octanol–water partition coefficient (Wildman–Crippen LogP) is 6.74. The number of para-hydroxylation sites is 2. The van der Waals surface area contributed by atoms with Crippen molar-refractivity contribution >= 4 is 50.4 Å². The van der Waals surface area contributed by atoms with E-state index in [1.807, 2.05) is 91.0 Å². The summed E-state index contributed by atoms with van der Waals surface area (Å²) in [6.45, 7) is 2.80. The number of nitrogens with two attached hydrogens (primary N) is 1. The van der Waals surface area contributed by atoms with Crippen LogP contribution in [0.4, 0.5) is 11.5 Å². The SMILES string of the molecule is CCCCOc1ccc(-n2c(N)c(C(=O)Nc3cccc4ccccc34)c3nc4ccccc4nc32)cc1. The molecule has 0 aliphatic rings. The molecule has 188 valence electrons. The molecule has 0 unspecified atom stereocenters. The Morgan fingerprint density at radius 1 is 0.895 bits per heavy atom. The number of ether oxygens (including phenoxy) is 1. The Kier molecular flexibility index (Phi) is 6.09. The van der Waals surface area contributed by atoms with Crippen molar-refractivity contribution < 1.29 is 9.53 Å². The van der Waals surface area contributed by atoms with E-state index in [0.717, 1.165) is 40.6 Å². The van der Waals surface area contributed by atoms with Gasteiger partial charge in [-0.05, 0) is 54.3 Å². The fourth-order valence-electron chi connectivity index (χ4n) is 4.69. The highest BCUT2D eigenvalue weighted by atomic mass is 16.5. The largest absolute Gasteiger partial charge is 0.494 e. The lowest BCUT2D eigenvalue weighted by molar-refractivity contribution is 0.102. The number of anilines is 2. The Bertz CT molecular complexity index is 1790. The Balaban J connectivity index is 1.47. The van der Waals surface area contributed by atoms with E-state index in [0.29, 0.717) is 29.0 Å². The average Bonchev–Trinajstić information content (AvgIpc) is 3.23. The molecule has 0 spiro atoms. The molecular weight excluding hydrogens is 474 g/mol. The third kappa shape index (κ3) is 4.18. The molecule has 0 radical (unpaired) electrons. The van der Waals surface area contributed by atoms with Gasteiger partial charge in [-0.3, -0.25) is 9.36 Å². The molecule has 38 heavy (non-hydrogen) atoms. The van der Waals surface area contributed by atoms with Crippen molar-refractivity contribution in [3.05, 3.63) is 96.6 Å². The van der Waals surface area contributed by atoms with Crippen LogP contribution in [0.5, 0.6) is 5.75 Å². The van der Waals surface area contributed by atoms with Crippen molar-refractivity contribution in [3.63, 3.8) is 0 Å². The summed E-state index contributed by atoms with van der Waals surface area (Å²) in [5.41, 5.74) is 10.8. The lowest BCUT2D eigenvalue weighted by Crippen LogP contribution is -2.14. The molecule has 0 atom stereocenters. The van der Waals surface area contributed by atoms with Gasteiger partial charge >= 0.3 is 0 Å². The maximum absolute atomic E-state index is 13.8. The number of nitrogens with one attached hydrogen (secondary N) is 1. The summed E-state index contributed by atoms with van der Waals surface area (Å²) in [5, 5.41) is 5.04. The smallest absolute Gasteiger partial charge is 0.261 e. The van der Waals surface area contributed by atoms with Crippen LogP contribution < -0.4 is 15.8 Å². The maximum atomic E-state index is 13.8. The number of aromatic nitrogens is 3. The summed E-state index contributed by atoms with van der Waals surface area (Å²) in [4.78, 5) is 23.5. The molecule has 0 bridgehead atoms. The molecule has 7 heteroatoms. The summed E-state index contributed by atoms with van der Waals surface area (Å²) in [6.07, 6.45) is 2.06. The van der Waals surface area contributed by atoms with Crippen LogP contribution in [0, 0.1) is 0 Å². The molecule has 6 aromatic rings. The van der Waals surface area contributed by atoms with Gasteiger partial charge in [0.2, 0.25) is 0 Å². The highest BCUT2D eigenvalue weighted by molar-refractivity contribution is 6.18. The number of amides is 1.